The predicted molar refractivity (Wildman–Crippen MR) is 69.4 cm³/mol. The van der Waals surface area contributed by atoms with Gasteiger partial charge in [0.15, 0.2) is 0 Å². The summed E-state index contributed by atoms with van der Waals surface area (Å²) in [5.41, 5.74) is 0.870. The lowest BCUT2D eigenvalue weighted by Gasteiger charge is -2.10. The number of benzene rings is 1. The molecule has 1 aromatic heterocycles. The van der Waals surface area contributed by atoms with Crippen LogP contribution in [0.1, 0.15) is 16.5 Å². The van der Waals surface area contributed by atoms with Gasteiger partial charge in [0.05, 0.1) is 16.1 Å². The van der Waals surface area contributed by atoms with Gasteiger partial charge in [-0.25, -0.2) is 0 Å². The van der Waals surface area contributed by atoms with Crippen LogP contribution >= 0.6 is 34.5 Å². The fourth-order valence-electron chi connectivity index (χ4n) is 1.50. The summed E-state index contributed by atoms with van der Waals surface area (Å²) in [6.45, 7) is 0. The second-order valence-electron chi connectivity index (χ2n) is 3.45. The van der Waals surface area contributed by atoms with Gasteiger partial charge < -0.3 is 5.11 Å². The molecule has 0 amide bonds. The van der Waals surface area contributed by atoms with Crippen molar-refractivity contribution in [2.24, 2.45) is 0 Å². The van der Waals surface area contributed by atoms with Gasteiger partial charge in [0.25, 0.3) is 0 Å². The molecule has 84 valence electrons. The van der Waals surface area contributed by atoms with E-state index >= 15 is 0 Å². The Morgan fingerprint density at radius 3 is 2.69 bits per heavy atom. The first-order chi connectivity index (χ1) is 7.68. The summed E-state index contributed by atoms with van der Waals surface area (Å²) in [6.07, 6.45) is -0.0316. The van der Waals surface area contributed by atoms with E-state index in [0.717, 1.165) is 10.4 Å². The van der Waals surface area contributed by atoms with Crippen LogP contribution in [-0.2, 0) is 6.42 Å². The van der Waals surface area contributed by atoms with Gasteiger partial charge in [-0.15, -0.1) is 11.3 Å². The number of thiophene rings is 1. The largest absolute Gasteiger partial charge is 0.387 e. The van der Waals surface area contributed by atoms with Gasteiger partial charge in [-0.1, -0.05) is 41.4 Å². The van der Waals surface area contributed by atoms with Crippen molar-refractivity contribution in [3.63, 3.8) is 0 Å². The van der Waals surface area contributed by atoms with E-state index in [9.17, 15) is 5.11 Å². The van der Waals surface area contributed by atoms with E-state index in [2.05, 4.69) is 0 Å². The number of hydrogen-bond donors (Lipinski definition) is 1. The summed E-state index contributed by atoms with van der Waals surface area (Å²) < 4.78 is 0. The van der Waals surface area contributed by atoms with Crippen molar-refractivity contribution in [2.45, 2.75) is 12.5 Å². The van der Waals surface area contributed by atoms with Gasteiger partial charge in [-0.05, 0) is 23.1 Å². The summed E-state index contributed by atoms with van der Waals surface area (Å²) in [6, 6.07) is 9.29. The van der Waals surface area contributed by atoms with Crippen molar-refractivity contribution in [1.29, 1.82) is 0 Å². The zero-order chi connectivity index (χ0) is 11.5. The molecule has 4 heteroatoms. The van der Waals surface area contributed by atoms with E-state index in [1.54, 1.807) is 6.07 Å². The molecule has 16 heavy (non-hydrogen) atoms. The first-order valence-corrected chi connectivity index (χ1v) is 6.46. The highest BCUT2D eigenvalue weighted by molar-refractivity contribution is 7.10. The normalized spacial score (nSPS) is 12.7. The van der Waals surface area contributed by atoms with E-state index in [4.69, 9.17) is 23.2 Å². The standard InChI is InChI=1S/C12H10Cl2OS/c13-9-4-1-3-8(12(9)14)7-10(15)11-5-2-6-16-11/h1-6,10,15H,7H2. The van der Waals surface area contributed by atoms with Gasteiger partial charge in [0.2, 0.25) is 0 Å². The Hall–Kier alpha value is -0.540. The maximum Gasteiger partial charge on any atom is 0.0922 e. The Morgan fingerprint density at radius 1 is 1.19 bits per heavy atom. The highest BCUT2D eigenvalue weighted by atomic mass is 35.5. The van der Waals surface area contributed by atoms with Crippen molar-refractivity contribution in [2.75, 3.05) is 0 Å². The van der Waals surface area contributed by atoms with Crippen LogP contribution in [0.4, 0.5) is 0 Å². The molecule has 1 heterocycles. The molecule has 0 aliphatic carbocycles. The zero-order valence-electron chi connectivity index (χ0n) is 8.36. The second kappa shape index (κ2) is 5.19. The lowest BCUT2D eigenvalue weighted by molar-refractivity contribution is 0.182. The van der Waals surface area contributed by atoms with Crippen LogP contribution in [0, 0.1) is 0 Å². The smallest absolute Gasteiger partial charge is 0.0922 e. The minimum atomic E-state index is -0.518. The van der Waals surface area contributed by atoms with Crippen molar-refractivity contribution in [3.8, 4) is 0 Å². The summed E-state index contributed by atoms with van der Waals surface area (Å²) in [5, 5.41) is 13.0. The van der Waals surface area contributed by atoms with Gasteiger partial charge in [0.1, 0.15) is 0 Å². The van der Waals surface area contributed by atoms with Crippen LogP contribution in [0.2, 0.25) is 10.0 Å². The van der Waals surface area contributed by atoms with E-state index in [0.29, 0.717) is 16.5 Å². The average Bonchev–Trinajstić information content (AvgIpc) is 2.78. The number of aliphatic hydroxyl groups excluding tert-OH is 1. The van der Waals surface area contributed by atoms with Crippen molar-refractivity contribution in [3.05, 3.63) is 56.2 Å². The van der Waals surface area contributed by atoms with Crippen LogP contribution in [0.15, 0.2) is 35.7 Å². The molecule has 0 saturated heterocycles. The number of halogens is 2. The SMILES string of the molecule is OC(Cc1cccc(Cl)c1Cl)c1cccs1. The zero-order valence-corrected chi connectivity index (χ0v) is 10.7. The van der Waals surface area contributed by atoms with Crippen molar-refractivity contribution >= 4 is 34.5 Å². The monoisotopic (exact) mass is 272 g/mol. The molecule has 0 aliphatic rings. The molecule has 1 aromatic carbocycles. The highest BCUT2D eigenvalue weighted by Gasteiger charge is 2.12. The molecule has 0 fully saturated rings. The number of hydrogen-bond acceptors (Lipinski definition) is 2. The van der Waals surface area contributed by atoms with Gasteiger partial charge in [-0.2, -0.15) is 0 Å². The van der Waals surface area contributed by atoms with E-state index in [1.165, 1.54) is 11.3 Å². The first kappa shape index (κ1) is 11.9. The number of rotatable bonds is 3. The summed E-state index contributed by atoms with van der Waals surface area (Å²) in [7, 11) is 0. The second-order valence-corrected chi connectivity index (χ2v) is 5.21. The lowest BCUT2D eigenvalue weighted by Crippen LogP contribution is -2.00. The highest BCUT2D eigenvalue weighted by Crippen LogP contribution is 2.30. The van der Waals surface area contributed by atoms with Crippen molar-refractivity contribution in [1.82, 2.24) is 0 Å². The predicted octanol–water partition coefficient (Wildman–Crippen LogP) is 4.33. The lowest BCUT2D eigenvalue weighted by atomic mass is 10.1. The Balaban J connectivity index is 2.18. The molecule has 2 rings (SSSR count). The summed E-state index contributed by atoms with van der Waals surface area (Å²) >= 11 is 13.5. The Morgan fingerprint density at radius 2 is 2.00 bits per heavy atom. The molecule has 0 saturated carbocycles. The van der Waals surface area contributed by atoms with Gasteiger partial charge >= 0.3 is 0 Å². The summed E-state index contributed by atoms with van der Waals surface area (Å²) in [5.74, 6) is 0. The van der Waals surface area contributed by atoms with Crippen LogP contribution in [0.5, 0.6) is 0 Å². The molecule has 0 radical (unpaired) electrons. The molecule has 0 spiro atoms. The third-order valence-corrected chi connectivity index (χ3v) is 4.15. The molecular weight excluding hydrogens is 263 g/mol. The molecule has 1 unspecified atom stereocenters. The molecule has 0 bridgehead atoms. The van der Waals surface area contributed by atoms with Gasteiger partial charge in [0, 0.05) is 11.3 Å². The van der Waals surface area contributed by atoms with Crippen LogP contribution in [0.25, 0.3) is 0 Å². The summed E-state index contributed by atoms with van der Waals surface area (Å²) in [4.78, 5) is 0.941. The topological polar surface area (TPSA) is 20.2 Å². The first-order valence-electron chi connectivity index (χ1n) is 4.83. The van der Waals surface area contributed by atoms with E-state index < -0.39 is 6.10 Å². The molecule has 0 aliphatic heterocycles. The van der Waals surface area contributed by atoms with E-state index in [1.807, 2.05) is 29.6 Å². The van der Waals surface area contributed by atoms with Gasteiger partial charge in [-0.3, -0.25) is 0 Å². The number of aliphatic hydroxyl groups is 1. The maximum absolute atomic E-state index is 9.99. The quantitative estimate of drug-likeness (QED) is 0.882. The Kier molecular flexibility index (Phi) is 3.87. The van der Waals surface area contributed by atoms with Crippen LogP contribution < -0.4 is 0 Å². The molecule has 1 atom stereocenters. The fraction of sp³-hybridized carbons (Fsp3) is 0.167. The third kappa shape index (κ3) is 2.58. The third-order valence-electron chi connectivity index (χ3n) is 2.32. The fourth-order valence-corrected chi connectivity index (χ4v) is 2.60. The minimum Gasteiger partial charge on any atom is -0.387 e. The van der Waals surface area contributed by atoms with Crippen LogP contribution in [0.3, 0.4) is 0 Å². The molecule has 2 aromatic rings. The van der Waals surface area contributed by atoms with E-state index in [-0.39, 0.29) is 0 Å². The molecule has 1 N–H and O–H groups in total. The maximum atomic E-state index is 9.99. The Bertz CT molecular complexity index is 468. The van der Waals surface area contributed by atoms with Crippen molar-refractivity contribution < 1.29 is 5.11 Å². The molecule has 1 nitrogen and oxygen atoms in total. The minimum absolute atomic E-state index is 0.486. The Labute approximate surface area is 108 Å². The average molecular weight is 273 g/mol. The van der Waals surface area contributed by atoms with Crippen LogP contribution in [-0.4, -0.2) is 5.11 Å². The molecular formula is C12H10Cl2OS.